The second kappa shape index (κ2) is 7.15. The molecule has 2 aromatic rings. The van der Waals surface area contributed by atoms with Crippen molar-refractivity contribution in [3.8, 4) is 5.75 Å². The zero-order valence-corrected chi connectivity index (χ0v) is 13.9. The predicted molar refractivity (Wildman–Crippen MR) is 89.7 cm³/mol. The minimum Gasteiger partial charge on any atom is -0.484 e. The number of hydrogen-bond acceptors (Lipinski definition) is 2. The van der Waals surface area contributed by atoms with Crippen molar-refractivity contribution < 1.29 is 9.53 Å². The van der Waals surface area contributed by atoms with E-state index in [-0.39, 0.29) is 12.5 Å². The number of anilines is 1. The van der Waals surface area contributed by atoms with Gasteiger partial charge in [-0.25, -0.2) is 0 Å². The molecule has 0 saturated heterocycles. The summed E-state index contributed by atoms with van der Waals surface area (Å²) in [6, 6.07) is 12.3. The molecule has 0 aliphatic heterocycles. The van der Waals surface area contributed by atoms with Crippen LogP contribution in [-0.2, 0) is 4.79 Å². The van der Waals surface area contributed by atoms with E-state index in [1.54, 1.807) is 18.2 Å². The van der Waals surface area contributed by atoms with Crippen LogP contribution >= 0.6 is 45.8 Å². The van der Waals surface area contributed by atoms with Crippen molar-refractivity contribution in [2.75, 3.05) is 11.9 Å². The van der Waals surface area contributed by atoms with Crippen LogP contribution in [0.25, 0.3) is 0 Å². The van der Waals surface area contributed by atoms with Crippen LogP contribution in [-0.4, -0.2) is 12.5 Å². The molecule has 6 heteroatoms. The first-order chi connectivity index (χ1) is 9.54. The molecule has 1 N–H and O–H groups in total. The van der Waals surface area contributed by atoms with Gasteiger partial charge >= 0.3 is 0 Å². The molecule has 0 aromatic heterocycles. The quantitative estimate of drug-likeness (QED) is 0.731. The summed E-state index contributed by atoms with van der Waals surface area (Å²) in [7, 11) is 0. The van der Waals surface area contributed by atoms with Gasteiger partial charge in [0.2, 0.25) is 0 Å². The van der Waals surface area contributed by atoms with E-state index in [2.05, 4.69) is 27.9 Å². The lowest BCUT2D eigenvalue weighted by Gasteiger charge is -2.09. The van der Waals surface area contributed by atoms with E-state index in [1.807, 2.05) is 24.3 Å². The summed E-state index contributed by atoms with van der Waals surface area (Å²) in [5, 5.41) is 3.57. The van der Waals surface area contributed by atoms with Crippen LogP contribution in [0.4, 0.5) is 5.69 Å². The Kier molecular flexibility index (Phi) is 5.51. The minimum atomic E-state index is -0.284. The fourth-order valence-corrected chi connectivity index (χ4v) is 2.27. The number of nitrogens with one attached hydrogen (secondary N) is 1. The van der Waals surface area contributed by atoms with Gasteiger partial charge in [0.1, 0.15) is 5.75 Å². The lowest BCUT2D eigenvalue weighted by atomic mass is 10.3. The second-order valence-corrected chi connectivity index (χ2v) is 6.00. The van der Waals surface area contributed by atoms with Crippen molar-refractivity contribution >= 4 is 57.4 Å². The Morgan fingerprint density at radius 2 is 1.85 bits per heavy atom. The topological polar surface area (TPSA) is 38.3 Å². The Balaban J connectivity index is 1.90. The highest BCUT2D eigenvalue weighted by Gasteiger charge is 2.07. The van der Waals surface area contributed by atoms with E-state index >= 15 is 0 Å². The van der Waals surface area contributed by atoms with Crippen molar-refractivity contribution in [2.24, 2.45) is 0 Å². The van der Waals surface area contributed by atoms with Crippen LogP contribution in [0.15, 0.2) is 42.5 Å². The van der Waals surface area contributed by atoms with Crippen LogP contribution in [0.5, 0.6) is 5.75 Å². The normalized spacial score (nSPS) is 10.2. The van der Waals surface area contributed by atoms with Gasteiger partial charge < -0.3 is 10.1 Å². The number of carbonyl (C=O) groups excluding carboxylic acids is 1. The lowest BCUT2D eigenvalue weighted by Crippen LogP contribution is -2.20. The Morgan fingerprint density at radius 3 is 2.50 bits per heavy atom. The summed E-state index contributed by atoms with van der Waals surface area (Å²) in [6.45, 7) is -0.0838. The fraction of sp³-hybridized carbons (Fsp3) is 0.0714. The lowest BCUT2D eigenvalue weighted by molar-refractivity contribution is -0.118. The van der Waals surface area contributed by atoms with Crippen molar-refractivity contribution in [3.05, 3.63) is 56.1 Å². The van der Waals surface area contributed by atoms with Crippen molar-refractivity contribution in [3.63, 3.8) is 0 Å². The fourth-order valence-electron chi connectivity index (χ4n) is 1.46. The van der Waals surface area contributed by atoms with Gasteiger partial charge in [0.05, 0.1) is 10.7 Å². The van der Waals surface area contributed by atoms with E-state index in [0.29, 0.717) is 21.5 Å². The van der Waals surface area contributed by atoms with Crippen LogP contribution in [0.1, 0.15) is 0 Å². The number of halogens is 3. The first-order valence-corrected chi connectivity index (χ1v) is 7.51. The first kappa shape index (κ1) is 15.4. The van der Waals surface area contributed by atoms with E-state index in [9.17, 15) is 4.79 Å². The van der Waals surface area contributed by atoms with Crippen molar-refractivity contribution in [1.82, 2.24) is 0 Å². The third-order valence-electron chi connectivity index (χ3n) is 2.39. The van der Waals surface area contributed by atoms with Gasteiger partial charge in [-0.2, -0.15) is 0 Å². The SMILES string of the molecule is O=C(COc1ccc(I)cc1)Nc1ccc(Cl)cc1Cl. The van der Waals surface area contributed by atoms with E-state index in [1.165, 1.54) is 0 Å². The Morgan fingerprint density at radius 1 is 1.15 bits per heavy atom. The molecule has 0 fully saturated rings. The van der Waals surface area contributed by atoms with Crippen LogP contribution in [0.2, 0.25) is 10.0 Å². The maximum atomic E-state index is 11.8. The highest BCUT2D eigenvalue weighted by molar-refractivity contribution is 14.1. The zero-order chi connectivity index (χ0) is 14.5. The largest absolute Gasteiger partial charge is 0.484 e. The molecule has 2 rings (SSSR count). The average Bonchev–Trinajstić information content (AvgIpc) is 2.41. The highest BCUT2D eigenvalue weighted by atomic mass is 127. The summed E-state index contributed by atoms with van der Waals surface area (Å²) in [5.74, 6) is 0.357. The van der Waals surface area contributed by atoms with E-state index in [0.717, 1.165) is 3.57 Å². The van der Waals surface area contributed by atoms with Gasteiger partial charge in [-0.15, -0.1) is 0 Å². The van der Waals surface area contributed by atoms with E-state index in [4.69, 9.17) is 27.9 Å². The Hall–Kier alpha value is -0.980. The molecule has 1 amide bonds. The molecule has 3 nitrogen and oxygen atoms in total. The van der Waals surface area contributed by atoms with Crippen molar-refractivity contribution in [1.29, 1.82) is 0 Å². The van der Waals surface area contributed by atoms with Gasteiger partial charge in [-0.3, -0.25) is 4.79 Å². The molecule has 0 aliphatic carbocycles. The van der Waals surface area contributed by atoms with Gasteiger partial charge in [-0.05, 0) is 65.1 Å². The average molecular weight is 422 g/mol. The zero-order valence-electron chi connectivity index (χ0n) is 10.2. The molecular weight excluding hydrogens is 412 g/mol. The summed E-state index contributed by atoms with van der Waals surface area (Å²) in [4.78, 5) is 11.8. The monoisotopic (exact) mass is 421 g/mol. The number of hydrogen-bond donors (Lipinski definition) is 1. The highest BCUT2D eigenvalue weighted by Crippen LogP contribution is 2.25. The molecule has 0 unspecified atom stereocenters. The first-order valence-electron chi connectivity index (χ1n) is 5.68. The molecule has 0 spiro atoms. The maximum Gasteiger partial charge on any atom is 0.262 e. The van der Waals surface area contributed by atoms with Gasteiger partial charge in [0.25, 0.3) is 5.91 Å². The maximum absolute atomic E-state index is 11.8. The number of benzene rings is 2. The van der Waals surface area contributed by atoms with E-state index < -0.39 is 0 Å². The summed E-state index contributed by atoms with van der Waals surface area (Å²) in [5.41, 5.74) is 0.507. The number of amides is 1. The smallest absolute Gasteiger partial charge is 0.262 e. The standard InChI is InChI=1S/C14H10Cl2INO2/c15-9-1-6-13(12(16)7-9)18-14(19)8-20-11-4-2-10(17)3-5-11/h1-7H,8H2,(H,18,19). The van der Waals surface area contributed by atoms with Gasteiger partial charge in [0.15, 0.2) is 6.61 Å². The molecule has 0 atom stereocenters. The van der Waals surface area contributed by atoms with Crippen LogP contribution in [0.3, 0.4) is 0 Å². The molecule has 0 saturated carbocycles. The molecule has 2 aromatic carbocycles. The Bertz CT molecular complexity index is 617. The number of ether oxygens (including phenoxy) is 1. The van der Waals surface area contributed by atoms with Gasteiger partial charge in [0, 0.05) is 8.59 Å². The van der Waals surface area contributed by atoms with Gasteiger partial charge in [-0.1, -0.05) is 23.2 Å². The minimum absolute atomic E-state index is 0.0838. The summed E-state index contributed by atoms with van der Waals surface area (Å²) < 4.78 is 6.48. The third-order valence-corrected chi connectivity index (χ3v) is 3.66. The number of rotatable bonds is 4. The summed E-state index contributed by atoms with van der Waals surface area (Å²) in [6.07, 6.45) is 0. The van der Waals surface area contributed by atoms with Crippen LogP contribution < -0.4 is 10.1 Å². The summed E-state index contributed by atoms with van der Waals surface area (Å²) >= 11 is 14.0. The second-order valence-electron chi connectivity index (χ2n) is 3.91. The van der Waals surface area contributed by atoms with Crippen LogP contribution in [0, 0.1) is 3.57 Å². The molecular formula is C14H10Cl2INO2. The number of carbonyl (C=O) groups is 1. The molecule has 0 heterocycles. The predicted octanol–water partition coefficient (Wildman–Crippen LogP) is 4.62. The molecule has 20 heavy (non-hydrogen) atoms. The van der Waals surface area contributed by atoms with Crippen molar-refractivity contribution in [2.45, 2.75) is 0 Å². The third kappa shape index (κ3) is 4.54. The molecule has 0 bridgehead atoms. The molecule has 0 radical (unpaired) electrons. The molecule has 0 aliphatic rings. The Labute approximate surface area is 140 Å². The molecule has 104 valence electrons.